The highest BCUT2D eigenvalue weighted by atomic mass is 14.1. The molecule has 0 heteroatoms. The van der Waals surface area contributed by atoms with Crippen molar-refractivity contribution in [1.82, 2.24) is 0 Å². The Balaban J connectivity index is 1.40. The van der Waals surface area contributed by atoms with Crippen LogP contribution in [-0.2, 0) is 0 Å². The number of hydrogen-bond acceptors (Lipinski definition) is 0. The fourth-order valence-corrected chi connectivity index (χ4v) is 5.49. The molecule has 7 aromatic carbocycles. The molecule has 0 spiro atoms. The van der Waals surface area contributed by atoms with Gasteiger partial charge in [-0.3, -0.25) is 0 Å². The van der Waals surface area contributed by atoms with E-state index in [0.29, 0.717) is 0 Å². The zero-order valence-corrected chi connectivity index (χ0v) is 19.9. The molecule has 168 valence electrons. The molecular formula is C36H24. The summed E-state index contributed by atoms with van der Waals surface area (Å²) in [6.07, 6.45) is 0. The third-order valence-electron chi connectivity index (χ3n) is 7.24. The maximum absolute atomic E-state index is 2.34. The van der Waals surface area contributed by atoms with Crippen molar-refractivity contribution in [3.05, 3.63) is 146 Å². The van der Waals surface area contributed by atoms with Crippen LogP contribution in [0.4, 0.5) is 0 Å². The van der Waals surface area contributed by atoms with Crippen molar-refractivity contribution in [3.63, 3.8) is 0 Å². The van der Waals surface area contributed by atoms with E-state index in [1.54, 1.807) is 0 Å². The molecule has 36 heavy (non-hydrogen) atoms. The van der Waals surface area contributed by atoms with E-state index < -0.39 is 0 Å². The Hall–Kier alpha value is -4.68. The molecule has 0 heterocycles. The van der Waals surface area contributed by atoms with E-state index in [1.807, 2.05) is 0 Å². The summed E-state index contributed by atoms with van der Waals surface area (Å²) < 4.78 is 0. The van der Waals surface area contributed by atoms with Gasteiger partial charge in [-0.1, -0.05) is 133 Å². The molecule has 0 amide bonds. The van der Waals surface area contributed by atoms with Gasteiger partial charge in [-0.25, -0.2) is 0 Å². The Bertz CT molecular complexity index is 1860. The van der Waals surface area contributed by atoms with E-state index in [4.69, 9.17) is 0 Å². The Morgan fingerprint density at radius 1 is 0.278 bits per heavy atom. The second-order valence-corrected chi connectivity index (χ2v) is 9.38. The average Bonchev–Trinajstić information content (AvgIpc) is 2.96. The normalized spacial score (nSPS) is 11.3. The van der Waals surface area contributed by atoms with Gasteiger partial charge in [0.05, 0.1) is 0 Å². The van der Waals surface area contributed by atoms with E-state index >= 15 is 0 Å². The lowest BCUT2D eigenvalue weighted by molar-refractivity contribution is 1.64. The van der Waals surface area contributed by atoms with Crippen LogP contribution in [0.3, 0.4) is 0 Å². The van der Waals surface area contributed by atoms with Crippen LogP contribution < -0.4 is 0 Å². The predicted molar refractivity (Wildman–Crippen MR) is 155 cm³/mol. The van der Waals surface area contributed by atoms with Crippen molar-refractivity contribution in [1.29, 1.82) is 0 Å². The van der Waals surface area contributed by atoms with Gasteiger partial charge in [0.25, 0.3) is 0 Å². The first kappa shape index (κ1) is 20.7. The topological polar surface area (TPSA) is 0 Å². The summed E-state index contributed by atoms with van der Waals surface area (Å²) in [5.74, 6) is 0. The highest BCUT2D eigenvalue weighted by Crippen LogP contribution is 2.38. The maximum Gasteiger partial charge on any atom is -0.00268 e. The number of fused-ring (bicyclic) bond motifs is 4. The average molecular weight is 457 g/mol. The summed E-state index contributed by atoms with van der Waals surface area (Å²) in [6, 6.07) is 52.8. The lowest BCUT2D eigenvalue weighted by Gasteiger charge is -2.14. The molecule has 0 aliphatic heterocycles. The lowest BCUT2D eigenvalue weighted by Crippen LogP contribution is -1.87. The van der Waals surface area contributed by atoms with E-state index in [2.05, 4.69) is 146 Å². The summed E-state index contributed by atoms with van der Waals surface area (Å²) >= 11 is 0. The SMILES string of the molecule is c1ccc(-c2ccc3c(ccc4cc(-c5cccc6cccc(-c7ccccc7)c56)ccc43)c2)cc1. The molecule has 0 aliphatic carbocycles. The van der Waals surface area contributed by atoms with Gasteiger partial charge in [0, 0.05) is 0 Å². The summed E-state index contributed by atoms with van der Waals surface area (Å²) in [5.41, 5.74) is 7.54. The number of hydrogen-bond donors (Lipinski definition) is 0. The first-order valence-corrected chi connectivity index (χ1v) is 12.4. The molecule has 0 aromatic heterocycles. The molecule has 0 unspecified atom stereocenters. The zero-order valence-electron chi connectivity index (χ0n) is 19.9. The minimum absolute atomic E-state index is 1.25. The predicted octanol–water partition coefficient (Wildman–Crippen LogP) is 10.1. The number of benzene rings is 7. The molecule has 0 N–H and O–H groups in total. The fourth-order valence-electron chi connectivity index (χ4n) is 5.49. The van der Waals surface area contributed by atoms with Crippen molar-refractivity contribution in [2.45, 2.75) is 0 Å². The van der Waals surface area contributed by atoms with E-state index in [1.165, 1.54) is 65.7 Å². The number of rotatable bonds is 3. The monoisotopic (exact) mass is 456 g/mol. The Kier molecular flexibility index (Phi) is 4.89. The molecule has 0 radical (unpaired) electrons. The van der Waals surface area contributed by atoms with Crippen molar-refractivity contribution in [3.8, 4) is 33.4 Å². The van der Waals surface area contributed by atoms with Crippen LogP contribution in [0.1, 0.15) is 0 Å². The summed E-state index contributed by atoms with van der Waals surface area (Å²) in [4.78, 5) is 0. The second-order valence-electron chi connectivity index (χ2n) is 9.38. The van der Waals surface area contributed by atoms with Crippen LogP contribution in [0.5, 0.6) is 0 Å². The van der Waals surface area contributed by atoms with Gasteiger partial charge in [-0.05, 0) is 77.8 Å². The highest BCUT2D eigenvalue weighted by molar-refractivity contribution is 6.11. The van der Waals surface area contributed by atoms with E-state index in [-0.39, 0.29) is 0 Å². The zero-order chi connectivity index (χ0) is 23.9. The van der Waals surface area contributed by atoms with Gasteiger partial charge < -0.3 is 0 Å². The highest BCUT2D eigenvalue weighted by Gasteiger charge is 2.11. The Morgan fingerprint density at radius 3 is 1.44 bits per heavy atom. The second kappa shape index (κ2) is 8.52. The van der Waals surface area contributed by atoms with Gasteiger partial charge in [0.2, 0.25) is 0 Å². The molecule has 0 atom stereocenters. The summed E-state index contributed by atoms with van der Waals surface area (Å²) in [6.45, 7) is 0. The third kappa shape index (κ3) is 3.47. The van der Waals surface area contributed by atoms with Crippen molar-refractivity contribution in [2.75, 3.05) is 0 Å². The summed E-state index contributed by atoms with van der Waals surface area (Å²) in [5, 5.41) is 7.69. The smallest absolute Gasteiger partial charge is 0.00268 e. The molecular weight excluding hydrogens is 432 g/mol. The summed E-state index contributed by atoms with van der Waals surface area (Å²) in [7, 11) is 0. The molecule has 0 nitrogen and oxygen atoms in total. The van der Waals surface area contributed by atoms with Crippen molar-refractivity contribution in [2.24, 2.45) is 0 Å². The third-order valence-corrected chi connectivity index (χ3v) is 7.24. The standard InChI is InChI=1S/C36H24/c1-3-9-25(10-4-1)28-19-21-32-29(23-28)17-18-30-24-31(20-22-33(30)32)35-16-8-14-27-13-7-15-34(36(27)35)26-11-5-2-6-12-26/h1-24H. The first-order valence-electron chi connectivity index (χ1n) is 12.4. The minimum atomic E-state index is 1.25. The van der Waals surface area contributed by atoms with Crippen LogP contribution >= 0.6 is 0 Å². The minimum Gasteiger partial charge on any atom is -0.0622 e. The van der Waals surface area contributed by atoms with Gasteiger partial charge in [0.15, 0.2) is 0 Å². The molecule has 0 fully saturated rings. The van der Waals surface area contributed by atoms with Crippen LogP contribution in [0.15, 0.2) is 146 Å². The van der Waals surface area contributed by atoms with E-state index in [0.717, 1.165) is 0 Å². The van der Waals surface area contributed by atoms with Crippen molar-refractivity contribution >= 4 is 32.3 Å². The fraction of sp³-hybridized carbons (Fsp3) is 0. The van der Waals surface area contributed by atoms with Crippen molar-refractivity contribution < 1.29 is 0 Å². The molecule has 7 aromatic rings. The van der Waals surface area contributed by atoms with Gasteiger partial charge in [-0.2, -0.15) is 0 Å². The largest absolute Gasteiger partial charge is 0.0622 e. The van der Waals surface area contributed by atoms with Crippen LogP contribution in [0, 0.1) is 0 Å². The molecule has 0 bridgehead atoms. The first-order chi connectivity index (χ1) is 17.8. The quantitative estimate of drug-likeness (QED) is 0.232. The van der Waals surface area contributed by atoms with E-state index in [9.17, 15) is 0 Å². The van der Waals surface area contributed by atoms with Crippen LogP contribution in [-0.4, -0.2) is 0 Å². The van der Waals surface area contributed by atoms with Crippen LogP contribution in [0.2, 0.25) is 0 Å². The Morgan fingerprint density at radius 2 is 0.806 bits per heavy atom. The molecule has 7 rings (SSSR count). The van der Waals surface area contributed by atoms with Crippen LogP contribution in [0.25, 0.3) is 65.7 Å². The lowest BCUT2D eigenvalue weighted by atomic mass is 9.90. The molecule has 0 aliphatic rings. The molecule has 0 saturated carbocycles. The van der Waals surface area contributed by atoms with Gasteiger partial charge in [0.1, 0.15) is 0 Å². The van der Waals surface area contributed by atoms with Gasteiger partial charge >= 0.3 is 0 Å². The van der Waals surface area contributed by atoms with Gasteiger partial charge in [-0.15, -0.1) is 0 Å². The maximum atomic E-state index is 2.34. The molecule has 0 saturated heterocycles. The Labute approximate surface area is 211 Å².